The molecule has 0 aromatic heterocycles. The zero-order valence-corrected chi connectivity index (χ0v) is 14.5. The maximum atomic E-state index is 12.1. The number of hydrazone groups is 1. The molecule has 0 saturated heterocycles. The van der Waals surface area contributed by atoms with Gasteiger partial charge in [0.2, 0.25) is 5.91 Å². The molecule has 2 aromatic rings. The van der Waals surface area contributed by atoms with Gasteiger partial charge in [-0.3, -0.25) is 9.59 Å². The Labute approximate surface area is 146 Å². The molecule has 0 spiro atoms. The predicted molar refractivity (Wildman–Crippen MR) is 97.8 cm³/mol. The first-order valence-electron chi connectivity index (χ1n) is 7.85. The minimum Gasteiger partial charge on any atom is -0.507 e. The number of aryl methyl sites for hydroxylation is 2. The van der Waals surface area contributed by atoms with Crippen molar-refractivity contribution in [2.45, 2.75) is 27.2 Å². The lowest BCUT2D eigenvalue weighted by molar-refractivity contribution is -0.115. The first kappa shape index (κ1) is 18.2. The van der Waals surface area contributed by atoms with Gasteiger partial charge in [0.15, 0.2) is 0 Å². The van der Waals surface area contributed by atoms with Crippen LogP contribution in [0.2, 0.25) is 0 Å². The molecule has 6 heteroatoms. The van der Waals surface area contributed by atoms with Crippen molar-refractivity contribution in [3.63, 3.8) is 0 Å². The van der Waals surface area contributed by atoms with E-state index in [0.29, 0.717) is 17.0 Å². The van der Waals surface area contributed by atoms with Crippen molar-refractivity contribution >= 4 is 23.2 Å². The summed E-state index contributed by atoms with van der Waals surface area (Å²) in [4.78, 5) is 24.0. The van der Waals surface area contributed by atoms with E-state index in [2.05, 4.69) is 15.8 Å². The van der Waals surface area contributed by atoms with Gasteiger partial charge in [-0.05, 0) is 44.5 Å². The van der Waals surface area contributed by atoms with Crippen molar-refractivity contribution in [1.29, 1.82) is 0 Å². The van der Waals surface area contributed by atoms with Crippen LogP contribution in [0, 0.1) is 13.8 Å². The standard InChI is InChI=1S/C19H21N3O3/c1-12-7-9-15(10-8-12)20-17(23)11-14(3)21-22-19(25)16-6-4-5-13(2)18(16)24/h4-10,24H,11H2,1-3H3,(H,20,23)(H,22,25)/b21-14+. The van der Waals surface area contributed by atoms with E-state index in [0.717, 1.165) is 5.56 Å². The number of hydrogen-bond donors (Lipinski definition) is 3. The molecule has 2 amide bonds. The summed E-state index contributed by atoms with van der Waals surface area (Å²) in [5, 5.41) is 16.6. The summed E-state index contributed by atoms with van der Waals surface area (Å²) in [6.45, 7) is 5.32. The van der Waals surface area contributed by atoms with Crippen molar-refractivity contribution in [1.82, 2.24) is 5.43 Å². The Balaban J connectivity index is 1.92. The number of benzene rings is 2. The minimum atomic E-state index is -0.528. The van der Waals surface area contributed by atoms with E-state index in [1.165, 1.54) is 6.07 Å². The molecule has 0 heterocycles. The lowest BCUT2D eigenvalue weighted by Crippen LogP contribution is -2.21. The van der Waals surface area contributed by atoms with Crippen LogP contribution in [0.4, 0.5) is 5.69 Å². The van der Waals surface area contributed by atoms with Gasteiger partial charge in [-0.25, -0.2) is 5.43 Å². The summed E-state index contributed by atoms with van der Waals surface area (Å²) in [6, 6.07) is 12.3. The van der Waals surface area contributed by atoms with Crippen LogP contribution >= 0.6 is 0 Å². The van der Waals surface area contributed by atoms with Crippen LogP contribution < -0.4 is 10.7 Å². The molecule has 0 atom stereocenters. The van der Waals surface area contributed by atoms with Gasteiger partial charge in [-0.15, -0.1) is 0 Å². The second kappa shape index (κ2) is 8.10. The number of anilines is 1. The van der Waals surface area contributed by atoms with Gasteiger partial charge in [0.1, 0.15) is 5.75 Å². The maximum absolute atomic E-state index is 12.1. The number of amides is 2. The average molecular weight is 339 g/mol. The highest BCUT2D eigenvalue weighted by atomic mass is 16.3. The highest BCUT2D eigenvalue weighted by Gasteiger charge is 2.12. The Kier molecular flexibility index (Phi) is 5.89. The number of nitrogens with zero attached hydrogens (tertiary/aromatic N) is 1. The molecule has 2 aromatic carbocycles. The van der Waals surface area contributed by atoms with Crippen LogP contribution in [0.25, 0.3) is 0 Å². The number of nitrogens with one attached hydrogen (secondary N) is 2. The van der Waals surface area contributed by atoms with Gasteiger partial charge in [0, 0.05) is 11.4 Å². The summed E-state index contributed by atoms with van der Waals surface area (Å²) < 4.78 is 0. The van der Waals surface area contributed by atoms with Gasteiger partial charge in [-0.1, -0.05) is 29.8 Å². The number of phenolic OH excluding ortho intramolecular Hbond substituents is 1. The molecule has 0 aliphatic carbocycles. The van der Waals surface area contributed by atoms with Gasteiger partial charge < -0.3 is 10.4 Å². The van der Waals surface area contributed by atoms with Gasteiger partial charge in [0.05, 0.1) is 12.0 Å². The van der Waals surface area contributed by atoms with E-state index < -0.39 is 5.91 Å². The monoisotopic (exact) mass is 339 g/mol. The summed E-state index contributed by atoms with van der Waals surface area (Å²) in [7, 11) is 0. The lowest BCUT2D eigenvalue weighted by atomic mass is 10.1. The van der Waals surface area contributed by atoms with Crippen LogP contribution in [-0.2, 0) is 4.79 Å². The molecule has 0 radical (unpaired) electrons. The highest BCUT2D eigenvalue weighted by Crippen LogP contribution is 2.21. The van der Waals surface area contributed by atoms with Crippen LogP contribution in [-0.4, -0.2) is 22.6 Å². The van der Waals surface area contributed by atoms with E-state index in [1.54, 1.807) is 26.0 Å². The third-order valence-electron chi connectivity index (χ3n) is 3.58. The molecular weight excluding hydrogens is 318 g/mol. The minimum absolute atomic E-state index is 0.0496. The van der Waals surface area contributed by atoms with Crippen LogP contribution in [0.5, 0.6) is 5.75 Å². The Morgan fingerprint density at radius 2 is 1.76 bits per heavy atom. The third-order valence-corrected chi connectivity index (χ3v) is 3.58. The largest absolute Gasteiger partial charge is 0.507 e. The number of carbonyl (C=O) groups excluding carboxylic acids is 2. The molecule has 0 saturated carbocycles. The summed E-state index contributed by atoms with van der Waals surface area (Å²) in [5.41, 5.74) is 5.36. The topological polar surface area (TPSA) is 90.8 Å². The third kappa shape index (κ3) is 5.17. The summed E-state index contributed by atoms with van der Waals surface area (Å²) in [6.07, 6.45) is 0.0496. The van der Waals surface area contributed by atoms with Crippen molar-refractivity contribution in [2.75, 3.05) is 5.32 Å². The molecule has 0 unspecified atom stereocenters. The Bertz CT molecular complexity index is 811. The second-order valence-corrected chi connectivity index (χ2v) is 5.85. The lowest BCUT2D eigenvalue weighted by Gasteiger charge is -2.07. The van der Waals surface area contributed by atoms with Gasteiger partial charge in [-0.2, -0.15) is 5.10 Å². The number of aromatic hydroxyl groups is 1. The van der Waals surface area contributed by atoms with E-state index >= 15 is 0 Å². The Hall–Kier alpha value is -3.15. The molecule has 0 aliphatic heterocycles. The number of phenols is 1. The van der Waals surface area contributed by atoms with Gasteiger partial charge in [0.25, 0.3) is 5.91 Å². The summed E-state index contributed by atoms with van der Waals surface area (Å²) >= 11 is 0. The van der Waals surface area contributed by atoms with E-state index in [9.17, 15) is 14.7 Å². The number of rotatable bonds is 5. The van der Waals surface area contributed by atoms with E-state index in [-0.39, 0.29) is 23.6 Å². The zero-order valence-electron chi connectivity index (χ0n) is 14.5. The fourth-order valence-electron chi connectivity index (χ4n) is 2.16. The molecule has 0 aliphatic rings. The predicted octanol–water partition coefficient (Wildman–Crippen LogP) is 3.14. The van der Waals surface area contributed by atoms with E-state index in [4.69, 9.17) is 0 Å². The fourth-order valence-corrected chi connectivity index (χ4v) is 2.16. The molecule has 6 nitrogen and oxygen atoms in total. The highest BCUT2D eigenvalue weighted by molar-refractivity contribution is 6.06. The average Bonchev–Trinajstić information content (AvgIpc) is 2.57. The first-order chi connectivity index (χ1) is 11.9. The fraction of sp³-hybridized carbons (Fsp3) is 0.211. The molecule has 2 rings (SSSR count). The zero-order chi connectivity index (χ0) is 18.4. The number of para-hydroxylation sites is 1. The van der Waals surface area contributed by atoms with Gasteiger partial charge >= 0.3 is 0 Å². The first-order valence-corrected chi connectivity index (χ1v) is 7.85. The molecule has 3 N–H and O–H groups in total. The van der Waals surface area contributed by atoms with Crippen LogP contribution in [0.3, 0.4) is 0 Å². The SMILES string of the molecule is C/C(CC(=O)Nc1ccc(C)cc1)=N\NC(=O)c1cccc(C)c1O. The molecule has 0 bridgehead atoms. The molecular formula is C19H21N3O3. The normalized spacial score (nSPS) is 11.1. The second-order valence-electron chi connectivity index (χ2n) is 5.85. The maximum Gasteiger partial charge on any atom is 0.275 e. The van der Waals surface area contributed by atoms with Crippen molar-refractivity contribution in [3.8, 4) is 5.75 Å². The molecule has 25 heavy (non-hydrogen) atoms. The summed E-state index contributed by atoms with van der Waals surface area (Å²) in [5.74, 6) is -0.831. The number of carbonyl (C=O) groups is 2. The number of hydrogen-bond acceptors (Lipinski definition) is 4. The Morgan fingerprint density at radius 1 is 1.08 bits per heavy atom. The van der Waals surface area contributed by atoms with Crippen LogP contribution in [0.15, 0.2) is 47.6 Å². The molecule has 130 valence electrons. The Morgan fingerprint density at radius 3 is 2.44 bits per heavy atom. The van der Waals surface area contributed by atoms with Crippen molar-refractivity contribution in [2.24, 2.45) is 5.10 Å². The quantitative estimate of drug-likeness (QED) is 0.577. The smallest absolute Gasteiger partial charge is 0.275 e. The molecule has 0 fully saturated rings. The van der Waals surface area contributed by atoms with Crippen molar-refractivity contribution in [3.05, 3.63) is 59.2 Å². The van der Waals surface area contributed by atoms with E-state index in [1.807, 2.05) is 31.2 Å². The van der Waals surface area contributed by atoms with Crippen molar-refractivity contribution < 1.29 is 14.7 Å². The van der Waals surface area contributed by atoms with Crippen LogP contribution in [0.1, 0.15) is 34.8 Å².